The van der Waals surface area contributed by atoms with Crippen LogP contribution >= 0.6 is 0 Å². The Morgan fingerprint density at radius 2 is 2.05 bits per heavy atom. The molecule has 0 radical (unpaired) electrons. The topological polar surface area (TPSA) is 123 Å². The Morgan fingerprint density at radius 3 is 2.77 bits per heavy atom. The van der Waals surface area contributed by atoms with Gasteiger partial charge in [-0.15, -0.1) is 0 Å². The number of carboxylic acids is 1. The van der Waals surface area contributed by atoms with Gasteiger partial charge in [-0.25, -0.2) is 19.2 Å². The molecule has 2 aromatic carbocycles. The Labute approximate surface area is 248 Å². The van der Waals surface area contributed by atoms with Gasteiger partial charge in [0.25, 0.3) is 0 Å². The second-order valence-corrected chi connectivity index (χ2v) is 11.1. The third kappa shape index (κ3) is 6.45. The minimum atomic E-state index is -0.959. The van der Waals surface area contributed by atoms with Crippen LogP contribution in [-0.2, 0) is 24.4 Å². The van der Waals surface area contributed by atoms with E-state index >= 15 is 0 Å². The predicted octanol–water partition coefficient (Wildman–Crippen LogP) is 4.80. The number of hydrogen-bond acceptors (Lipinski definition) is 8. The lowest BCUT2D eigenvalue weighted by Crippen LogP contribution is -2.44. The SMILES string of the molecule is CC1CN(Cc2nc3ccc(C(=O)O)cc3n2C[C@@H]2CCO2)CCC1Oc1cccc(COc2ccc(C#N)cc2F)n1. The van der Waals surface area contributed by atoms with Crippen molar-refractivity contribution in [1.29, 1.82) is 5.26 Å². The van der Waals surface area contributed by atoms with Gasteiger partial charge in [-0.05, 0) is 55.3 Å². The van der Waals surface area contributed by atoms with Crippen molar-refractivity contribution >= 4 is 17.0 Å². The highest BCUT2D eigenvalue weighted by Gasteiger charge is 2.30. The number of halogens is 1. The highest BCUT2D eigenvalue weighted by Crippen LogP contribution is 2.27. The van der Waals surface area contributed by atoms with Crippen LogP contribution in [0.1, 0.15) is 47.2 Å². The molecule has 0 spiro atoms. The molecule has 0 amide bonds. The van der Waals surface area contributed by atoms with E-state index in [-0.39, 0.29) is 41.6 Å². The summed E-state index contributed by atoms with van der Waals surface area (Å²) in [5.74, 6) is 0.110. The summed E-state index contributed by atoms with van der Waals surface area (Å²) in [6, 6.07) is 16.5. The number of pyridine rings is 1. The van der Waals surface area contributed by atoms with Crippen LogP contribution < -0.4 is 9.47 Å². The molecule has 0 saturated carbocycles. The number of piperidine rings is 1. The fourth-order valence-electron chi connectivity index (χ4n) is 5.59. The molecule has 0 aliphatic carbocycles. The van der Waals surface area contributed by atoms with E-state index in [1.807, 2.05) is 12.1 Å². The standard InChI is InChI=1S/C32H32FN5O5/c1-20-16-37(18-30-36-26-7-6-22(32(39)40)14-27(26)38(30)17-24-10-12-41-24)11-9-28(20)43-31-4-2-3-23(35-31)19-42-29-8-5-21(15-34)13-25(29)33/h2-8,13-14,20,24,28H,9-12,16-19H2,1H3,(H,39,40)/t20?,24-,28?/m0/s1. The highest BCUT2D eigenvalue weighted by molar-refractivity contribution is 5.92. The Morgan fingerprint density at radius 1 is 1.19 bits per heavy atom. The predicted molar refractivity (Wildman–Crippen MR) is 154 cm³/mol. The molecule has 6 rings (SSSR count). The molecule has 2 aliphatic rings. The lowest BCUT2D eigenvalue weighted by molar-refractivity contribution is -0.0593. The van der Waals surface area contributed by atoms with Gasteiger partial charge in [0.05, 0.1) is 53.1 Å². The third-order valence-electron chi connectivity index (χ3n) is 8.02. The summed E-state index contributed by atoms with van der Waals surface area (Å²) in [7, 11) is 0. The minimum Gasteiger partial charge on any atom is -0.484 e. The third-order valence-corrected chi connectivity index (χ3v) is 8.02. The maximum atomic E-state index is 14.2. The second-order valence-electron chi connectivity index (χ2n) is 11.1. The number of carboxylic acid groups (broad SMARTS) is 1. The van der Waals surface area contributed by atoms with Gasteiger partial charge in [-0.3, -0.25) is 4.90 Å². The van der Waals surface area contributed by atoms with Gasteiger partial charge >= 0.3 is 5.97 Å². The summed E-state index contributed by atoms with van der Waals surface area (Å²) in [5, 5.41) is 18.4. The smallest absolute Gasteiger partial charge is 0.335 e. The van der Waals surface area contributed by atoms with Gasteiger partial charge in [0, 0.05) is 31.7 Å². The molecule has 2 aliphatic heterocycles. The van der Waals surface area contributed by atoms with E-state index in [1.165, 1.54) is 12.1 Å². The molecule has 0 bridgehead atoms. The number of imidazole rings is 1. The zero-order valence-electron chi connectivity index (χ0n) is 23.8. The zero-order valence-corrected chi connectivity index (χ0v) is 23.8. The number of aromatic nitrogens is 3. The second kappa shape index (κ2) is 12.4. The monoisotopic (exact) mass is 585 g/mol. The number of carbonyl (C=O) groups is 1. The Kier molecular flexibility index (Phi) is 8.22. The maximum Gasteiger partial charge on any atom is 0.335 e. The van der Waals surface area contributed by atoms with Gasteiger partial charge in [-0.2, -0.15) is 5.26 Å². The first kappa shape index (κ1) is 28.6. The molecule has 43 heavy (non-hydrogen) atoms. The van der Waals surface area contributed by atoms with E-state index in [0.717, 1.165) is 55.5 Å². The summed E-state index contributed by atoms with van der Waals surface area (Å²) in [6.07, 6.45) is 1.86. The molecule has 222 valence electrons. The van der Waals surface area contributed by atoms with Gasteiger partial charge in [0.15, 0.2) is 11.6 Å². The largest absolute Gasteiger partial charge is 0.484 e. The van der Waals surface area contributed by atoms with Crippen LogP contribution in [-0.4, -0.2) is 62.4 Å². The van der Waals surface area contributed by atoms with Crippen LogP contribution in [0.2, 0.25) is 0 Å². The summed E-state index contributed by atoms with van der Waals surface area (Å²) < 4.78 is 33.9. The first-order valence-electron chi connectivity index (χ1n) is 14.4. The normalized spacial score (nSPS) is 20.3. The van der Waals surface area contributed by atoms with Crippen molar-refractivity contribution in [1.82, 2.24) is 19.4 Å². The summed E-state index contributed by atoms with van der Waals surface area (Å²) in [4.78, 5) is 23.4. The number of benzene rings is 2. The maximum absolute atomic E-state index is 14.2. The van der Waals surface area contributed by atoms with Crippen molar-refractivity contribution in [3.63, 3.8) is 0 Å². The van der Waals surface area contributed by atoms with Gasteiger partial charge in [-0.1, -0.05) is 13.0 Å². The summed E-state index contributed by atoms with van der Waals surface area (Å²) in [6.45, 7) is 5.86. The van der Waals surface area contributed by atoms with Crippen LogP contribution in [0.25, 0.3) is 11.0 Å². The summed E-state index contributed by atoms with van der Waals surface area (Å²) in [5.41, 5.74) is 2.67. The molecule has 2 saturated heterocycles. The van der Waals surface area contributed by atoms with E-state index in [4.69, 9.17) is 24.5 Å². The van der Waals surface area contributed by atoms with Crippen LogP contribution in [0, 0.1) is 23.1 Å². The first-order valence-corrected chi connectivity index (χ1v) is 14.4. The molecular weight excluding hydrogens is 553 g/mol. The van der Waals surface area contributed by atoms with Crippen LogP contribution in [0.15, 0.2) is 54.6 Å². The molecule has 4 aromatic rings. The van der Waals surface area contributed by atoms with E-state index in [9.17, 15) is 14.3 Å². The van der Waals surface area contributed by atoms with Gasteiger partial charge in [0.1, 0.15) is 18.5 Å². The summed E-state index contributed by atoms with van der Waals surface area (Å²) >= 11 is 0. The van der Waals surface area contributed by atoms with Crippen molar-refractivity contribution in [2.45, 2.75) is 51.7 Å². The first-order chi connectivity index (χ1) is 20.9. The fraction of sp³-hybridized carbons (Fsp3) is 0.375. The Bertz CT molecular complexity index is 1680. The van der Waals surface area contributed by atoms with Crippen LogP contribution in [0.3, 0.4) is 0 Å². The number of rotatable bonds is 10. The van der Waals surface area contributed by atoms with Crippen molar-refractivity contribution in [2.24, 2.45) is 5.92 Å². The number of nitriles is 1. The van der Waals surface area contributed by atoms with E-state index in [0.29, 0.717) is 24.7 Å². The molecule has 2 unspecified atom stereocenters. The van der Waals surface area contributed by atoms with Gasteiger partial charge in [0.2, 0.25) is 5.88 Å². The van der Waals surface area contributed by atoms with Crippen molar-refractivity contribution in [3.8, 4) is 17.7 Å². The number of aromatic carboxylic acids is 1. The quantitative estimate of drug-likeness (QED) is 0.280. The molecule has 3 atom stereocenters. The van der Waals surface area contributed by atoms with Crippen LogP contribution in [0.4, 0.5) is 4.39 Å². The van der Waals surface area contributed by atoms with E-state index in [2.05, 4.69) is 21.4 Å². The van der Waals surface area contributed by atoms with Crippen molar-refractivity contribution in [3.05, 3.63) is 83.1 Å². The molecule has 2 aromatic heterocycles. The fourth-order valence-corrected chi connectivity index (χ4v) is 5.59. The molecule has 10 nitrogen and oxygen atoms in total. The average Bonchev–Trinajstić information content (AvgIpc) is 3.31. The number of nitrogens with zero attached hydrogens (tertiary/aromatic N) is 5. The number of likely N-dealkylation sites (tertiary alicyclic amines) is 1. The van der Waals surface area contributed by atoms with Gasteiger partial charge < -0.3 is 23.9 Å². The van der Waals surface area contributed by atoms with E-state index in [1.54, 1.807) is 30.3 Å². The molecule has 11 heteroatoms. The lowest BCUT2D eigenvalue weighted by Gasteiger charge is -2.36. The molecule has 4 heterocycles. The number of ether oxygens (including phenoxy) is 3. The van der Waals surface area contributed by atoms with E-state index < -0.39 is 11.8 Å². The zero-order chi connectivity index (χ0) is 29.9. The molecular formula is C32H32FN5O5. The average molecular weight is 586 g/mol. The van der Waals surface area contributed by atoms with Crippen molar-refractivity contribution in [2.75, 3.05) is 19.7 Å². The number of fused-ring (bicyclic) bond motifs is 1. The highest BCUT2D eigenvalue weighted by atomic mass is 19.1. The molecule has 2 fully saturated rings. The minimum absolute atomic E-state index is 0.0313. The Balaban J connectivity index is 1.09. The number of hydrogen-bond donors (Lipinski definition) is 1. The Hall–Kier alpha value is -4.53. The molecule has 1 N–H and O–H groups in total. The van der Waals surface area contributed by atoms with Crippen molar-refractivity contribution < 1.29 is 28.5 Å². The van der Waals surface area contributed by atoms with Crippen LogP contribution in [0.5, 0.6) is 11.6 Å². The lowest BCUT2D eigenvalue weighted by atomic mass is 9.96.